The van der Waals surface area contributed by atoms with E-state index < -0.39 is 11.9 Å². The van der Waals surface area contributed by atoms with Gasteiger partial charge in [-0.25, -0.2) is 9.97 Å². The fourth-order valence-electron chi connectivity index (χ4n) is 2.51. The van der Waals surface area contributed by atoms with Crippen LogP contribution in [0.2, 0.25) is 5.28 Å². The Labute approximate surface area is 158 Å². The van der Waals surface area contributed by atoms with Crippen LogP contribution in [-0.2, 0) is 19.8 Å². The molecule has 0 saturated heterocycles. The highest BCUT2D eigenvalue weighted by Gasteiger charge is 2.34. The third kappa shape index (κ3) is 4.30. The van der Waals surface area contributed by atoms with E-state index in [1.165, 1.54) is 11.6 Å². The zero-order valence-corrected chi connectivity index (χ0v) is 15.2. The normalized spacial score (nSPS) is 11.5. The van der Waals surface area contributed by atoms with Gasteiger partial charge in [-0.05, 0) is 17.2 Å². The highest BCUT2D eigenvalue weighted by molar-refractivity contribution is 6.28. The molecule has 0 unspecified atom stereocenters. The topological polar surface area (TPSA) is 67.7 Å². The molecule has 0 atom stereocenters. The number of benzene rings is 1. The van der Waals surface area contributed by atoms with Crippen LogP contribution in [0.25, 0.3) is 11.4 Å². The van der Waals surface area contributed by atoms with Crippen molar-refractivity contribution in [3.63, 3.8) is 0 Å². The van der Waals surface area contributed by atoms with E-state index in [9.17, 15) is 13.2 Å². The number of aryl methyl sites for hydroxylation is 1. The summed E-state index contributed by atoms with van der Waals surface area (Å²) in [6, 6.07) is 7.08. The lowest BCUT2D eigenvalue weighted by atomic mass is 10.1. The Kier molecular flexibility index (Phi) is 5.22. The average Bonchev–Trinajstić information content (AvgIpc) is 3.03. The Morgan fingerprint density at radius 1 is 1.15 bits per heavy atom. The van der Waals surface area contributed by atoms with Gasteiger partial charge in [0.25, 0.3) is 0 Å². The summed E-state index contributed by atoms with van der Waals surface area (Å²) in [5.41, 5.74) is 1.30. The van der Waals surface area contributed by atoms with Crippen LogP contribution in [0.5, 0.6) is 0 Å². The van der Waals surface area contributed by atoms with Gasteiger partial charge in [0, 0.05) is 32.4 Å². The van der Waals surface area contributed by atoms with E-state index in [0.29, 0.717) is 23.6 Å². The lowest BCUT2D eigenvalue weighted by molar-refractivity contribution is -0.140. The number of halogens is 4. The summed E-state index contributed by atoms with van der Waals surface area (Å²) in [5, 5.41) is 6.24. The van der Waals surface area contributed by atoms with E-state index in [0.717, 1.165) is 11.8 Å². The quantitative estimate of drug-likeness (QED) is 0.632. The number of hydrogen-bond donors (Lipinski definition) is 2. The summed E-state index contributed by atoms with van der Waals surface area (Å²) in [6.07, 6.45) is -1.92. The number of rotatable bonds is 5. The molecule has 0 fully saturated rings. The molecule has 6 nitrogen and oxygen atoms in total. The molecule has 0 radical (unpaired) electrons. The third-order valence-corrected chi connectivity index (χ3v) is 4.05. The third-order valence-electron chi connectivity index (χ3n) is 3.87. The Balaban J connectivity index is 1.75. The molecule has 0 spiro atoms. The Morgan fingerprint density at radius 3 is 2.44 bits per heavy atom. The summed E-state index contributed by atoms with van der Waals surface area (Å²) in [7, 11) is 3.28. The molecule has 0 amide bonds. The summed E-state index contributed by atoms with van der Waals surface area (Å²) in [6.45, 7) is 0.455. The Hall–Kier alpha value is -2.81. The molecule has 142 valence electrons. The van der Waals surface area contributed by atoms with Crippen molar-refractivity contribution in [2.75, 3.05) is 17.7 Å². The molecule has 0 aliphatic carbocycles. The number of alkyl halides is 3. The fourth-order valence-corrected chi connectivity index (χ4v) is 2.64. The molecular weight excluding hydrogens is 381 g/mol. The first-order valence-electron chi connectivity index (χ1n) is 7.92. The fraction of sp³-hybridized carbons (Fsp3) is 0.235. The average molecular weight is 397 g/mol. The van der Waals surface area contributed by atoms with Gasteiger partial charge in [-0.2, -0.15) is 18.2 Å². The highest BCUT2D eigenvalue weighted by atomic mass is 35.5. The standard InChI is InChI=1S/C17H16ClF3N6/c1-22-12-8-24-16(18)26-14(12)23-7-10-3-5-11(6-4-10)15-25-13(9-27(15)2)17(19,20)21/h3-6,8-9,22H,7H2,1-2H3,(H,23,24,26). The van der Waals surface area contributed by atoms with Crippen LogP contribution in [0.3, 0.4) is 0 Å². The lowest BCUT2D eigenvalue weighted by Crippen LogP contribution is -2.06. The largest absolute Gasteiger partial charge is 0.434 e. The number of hydrogen-bond acceptors (Lipinski definition) is 5. The van der Waals surface area contributed by atoms with Crippen molar-refractivity contribution >= 4 is 23.1 Å². The second-order valence-electron chi connectivity index (χ2n) is 5.76. The van der Waals surface area contributed by atoms with Gasteiger partial charge in [0.15, 0.2) is 11.5 Å². The molecule has 2 N–H and O–H groups in total. The monoisotopic (exact) mass is 396 g/mol. The van der Waals surface area contributed by atoms with E-state index in [-0.39, 0.29) is 11.1 Å². The second kappa shape index (κ2) is 7.43. The van der Waals surface area contributed by atoms with E-state index >= 15 is 0 Å². The zero-order valence-electron chi connectivity index (χ0n) is 14.5. The first-order chi connectivity index (χ1) is 12.8. The summed E-state index contributed by atoms with van der Waals surface area (Å²) in [5.74, 6) is 0.808. The number of nitrogens with one attached hydrogen (secondary N) is 2. The number of imidazole rings is 1. The van der Waals surface area contributed by atoms with E-state index in [2.05, 4.69) is 25.6 Å². The molecule has 3 aromatic rings. The molecule has 2 heterocycles. The van der Waals surface area contributed by atoms with Gasteiger partial charge in [-0.1, -0.05) is 24.3 Å². The van der Waals surface area contributed by atoms with Gasteiger partial charge in [0.2, 0.25) is 5.28 Å². The Bertz CT molecular complexity index is 937. The van der Waals surface area contributed by atoms with Gasteiger partial charge >= 0.3 is 6.18 Å². The van der Waals surface area contributed by atoms with Crippen molar-refractivity contribution in [2.24, 2.45) is 7.05 Å². The van der Waals surface area contributed by atoms with Crippen LogP contribution < -0.4 is 10.6 Å². The van der Waals surface area contributed by atoms with Crippen molar-refractivity contribution in [3.8, 4) is 11.4 Å². The minimum absolute atomic E-state index is 0.127. The predicted molar refractivity (Wildman–Crippen MR) is 97.6 cm³/mol. The van der Waals surface area contributed by atoms with Crippen molar-refractivity contribution in [2.45, 2.75) is 12.7 Å². The molecule has 0 bridgehead atoms. The van der Waals surface area contributed by atoms with E-state index in [4.69, 9.17) is 11.6 Å². The molecule has 0 aliphatic rings. The number of aromatic nitrogens is 4. The van der Waals surface area contributed by atoms with Crippen LogP contribution in [-0.4, -0.2) is 26.6 Å². The summed E-state index contributed by atoms with van der Waals surface area (Å²) >= 11 is 5.81. The molecule has 27 heavy (non-hydrogen) atoms. The van der Waals surface area contributed by atoms with Crippen LogP contribution >= 0.6 is 11.6 Å². The zero-order chi connectivity index (χ0) is 19.6. The van der Waals surface area contributed by atoms with Crippen molar-refractivity contribution in [1.82, 2.24) is 19.5 Å². The van der Waals surface area contributed by atoms with Crippen LogP contribution in [0.15, 0.2) is 36.7 Å². The van der Waals surface area contributed by atoms with Gasteiger partial charge in [-0.15, -0.1) is 0 Å². The van der Waals surface area contributed by atoms with Crippen LogP contribution in [0.4, 0.5) is 24.7 Å². The molecule has 2 aromatic heterocycles. The first kappa shape index (κ1) is 19.0. The summed E-state index contributed by atoms with van der Waals surface area (Å²) in [4.78, 5) is 11.7. The number of anilines is 2. The van der Waals surface area contributed by atoms with Crippen molar-refractivity contribution in [3.05, 3.63) is 53.2 Å². The maximum absolute atomic E-state index is 12.8. The minimum Gasteiger partial charge on any atom is -0.384 e. The molecule has 0 saturated carbocycles. The maximum atomic E-state index is 12.8. The van der Waals surface area contributed by atoms with Crippen molar-refractivity contribution < 1.29 is 13.2 Å². The smallest absolute Gasteiger partial charge is 0.384 e. The van der Waals surface area contributed by atoms with Gasteiger partial charge in [0.1, 0.15) is 5.82 Å². The maximum Gasteiger partial charge on any atom is 0.434 e. The van der Waals surface area contributed by atoms with Crippen molar-refractivity contribution in [1.29, 1.82) is 0 Å². The Morgan fingerprint density at radius 2 is 1.85 bits per heavy atom. The first-order valence-corrected chi connectivity index (χ1v) is 8.29. The molecular formula is C17H16ClF3N6. The molecule has 10 heteroatoms. The van der Waals surface area contributed by atoms with Gasteiger partial charge in [-0.3, -0.25) is 0 Å². The van der Waals surface area contributed by atoms with Crippen LogP contribution in [0, 0.1) is 0 Å². The minimum atomic E-state index is -4.47. The summed E-state index contributed by atoms with van der Waals surface area (Å²) < 4.78 is 39.8. The van der Waals surface area contributed by atoms with E-state index in [1.54, 1.807) is 25.4 Å². The molecule has 1 aromatic carbocycles. The predicted octanol–water partition coefficient (Wildman–Crippen LogP) is 4.20. The number of nitrogens with zero attached hydrogens (tertiary/aromatic N) is 4. The van der Waals surface area contributed by atoms with Gasteiger partial charge < -0.3 is 15.2 Å². The van der Waals surface area contributed by atoms with Crippen LogP contribution in [0.1, 0.15) is 11.3 Å². The molecule has 0 aliphatic heterocycles. The molecule has 3 rings (SSSR count). The lowest BCUT2D eigenvalue weighted by Gasteiger charge is -2.11. The second-order valence-corrected chi connectivity index (χ2v) is 6.10. The van der Waals surface area contributed by atoms with E-state index in [1.807, 2.05) is 12.1 Å². The highest BCUT2D eigenvalue weighted by Crippen LogP contribution is 2.30. The van der Waals surface area contributed by atoms with Gasteiger partial charge in [0.05, 0.1) is 11.9 Å². The SMILES string of the molecule is CNc1cnc(Cl)nc1NCc1ccc(-c2nc(C(F)(F)F)cn2C)cc1.